The van der Waals surface area contributed by atoms with E-state index in [1.54, 1.807) is 38.7 Å². The van der Waals surface area contributed by atoms with E-state index in [2.05, 4.69) is 20.3 Å². The Kier molecular flexibility index (Phi) is 5.02. The number of hydrogen-bond donors (Lipinski definition) is 0. The lowest BCUT2D eigenvalue weighted by Gasteiger charge is -2.07. The number of hydrogen-bond acceptors (Lipinski definition) is 10. The quantitative estimate of drug-likeness (QED) is 0.422. The second-order valence-corrected chi connectivity index (χ2v) is 6.56. The number of rotatable bonds is 7. The topological polar surface area (TPSA) is 109 Å². The van der Waals surface area contributed by atoms with Crippen LogP contribution in [0.1, 0.15) is 11.7 Å². The van der Waals surface area contributed by atoms with Crippen molar-refractivity contribution in [1.82, 2.24) is 20.3 Å². The van der Waals surface area contributed by atoms with Gasteiger partial charge in [0.05, 0.1) is 37.4 Å². The van der Waals surface area contributed by atoms with Gasteiger partial charge in [0, 0.05) is 6.07 Å². The summed E-state index contributed by atoms with van der Waals surface area (Å²) in [4.78, 5) is 4.41. The molecule has 0 atom stereocenters. The Morgan fingerprint density at radius 2 is 1.96 bits per heavy atom. The van der Waals surface area contributed by atoms with Gasteiger partial charge in [-0.05, 0) is 25.1 Å². The zero-order valence-electron chi connectivity index (χ0n) is 15.3. The van der Waals surface area contributed by atoms with Crippen molar-refractivity contribution in [1.29, 1.82) is 0 Å². The molecule has 0 saturated heterocycles. The van der Waals surface area contributed by atoms with Crippen molar-refractivity contribution in [3.8, 4) is 34.3 Å². The van der Waals surface area contributed by atoms with Crippen LogP contribution in [0.25, 0.3) is 22.8 Å². The molecule has 144 valence electrons. The summed E-state index contributed by atoms with van der Waals surface area (Å²) in [6.45, 7) is 1.83. The van der Waals surface area contributed by atoms with E-state index in [1.165, 1.54) is 11.8 Å². The van der Waals surface area contributed by atoms with Crippen LogP contribution in [0.2, 0.25) is 0 Å². The Hall–Kier alpha value is -3.27. The van der Waals surface area contributed by atoms with Gasteiger partial charge in [-0.2, -0.15) is 4.98 Å². The molecule has 1 aromatic carbocycles. The van der Waals surface area contributed by atoms with Gasteiger partial charge in [-0.1, -0.05) is 16.9 Å². The van der Waals surface area contributed by atoms with Gasteiger partial charge >= 0.3 is 0 Å². The van der Waals surface area contributed by atoms with E-state index >= 15 is 0 Å². The van der Waals surface area contributed by atoms with Gasteiger partial charge in [0.25, 0.3) is 11.1 Å². The van der Waals surface area contributed by atoms with Gasteiger partial charge in [-0.3, -0.25) is 0 Å². The molecule has 3 heterocycles. The zero-order valence-corrected chi connectivity index (χ0v) is 16.1. The van der Waals surface area contributed by atoms with E-state index in [1.807, 2.05) is 13.0 Å². The third-order valence-corrected chi connectivity index (χ3v) is 4.74. The average molecular weight is 400 g/mol. The van der Waals surface area contributed by atoms with E-state index < -0.39 is 0 Å². The number of aryl methyl sites for hydroxylation is 1. The van der Waals surface area contributed by atoms with E-state index in [0.29, 0.717) is 45.6 Å². The van der Waals surface area contributed by atoms with Crippen LogP contribution in [0.15, 0.2) is 49.1 Å². The Labute approximate surface area is 164 Å². The molecule has 0 spiro atoms. The molecule has 0 aliphatic rings. The highest BCUT2D eigenvalue weighted by molar-refractivity contribution is 7.98. The lowest BCUT2D eigenvalue weighted by Crippen LogP contribution is -1.91. The summed E-state index contributed by atoms with van der Waals surface area (Å²) < 4.78 is 26.8. The Morgan fingerprint density at radius 3 is 2.71 bits per heavy atom. The van der Waals surface area contributed by atoms with E-state index in [0.717, 1.165) is 11.3 Å². The Balaban J connectivity index is 1.46. The van der Waals surface area contributed by atoms with E-state index in [-0.39, 0.29) is 0 Å². The molecule has 0 fully saturated rings. The number of nitrogens with zero attached hydrogens (tertiary/aromatic N) is 4. The van der Waals surface area contributed by atoms with Crippen molar-refractivity contribution in [2.45, 2.75) is 17.9 Å². The molecule has 0 amide bonds. The summed E-state index contributed by atoms with van der Waals surface area (Å²) in [7, 11) is 3.17. The maximum absolute atomic E-state index is 5.64. The second kappa shape index (κ2) is 7.77. The van der Waals surface area contributed by atoms with E-state index in [4.69, 9.17) is 22.8 Å². The molecular weight excluding hydrogens is 384 g/mol. The Bertz CT molecular complexity index is 1090. The fourth-order valence-corrected chi connectivity index (χ4v) is 3.11. The molecule has 4 rings (SSSR count). The van der Waals surface area contributed by atoms with Crippen molar-refractivity contribution in [3.05, 3.63) is 42.2 Å². The van der Waals surface area contributed by atoms with Crippen LogP contribution >= 0.6 is 11.8 Å². The Morgan fingerprint density at radius 1 is 1.07 bits per heavy atom. The third-order valence-electron chi connectivity index (χ3n) is 3.93. The first-order valence-electron chi connectivity index (χ1n) is 8.23. The molecule has 0 radical (unpaired) electrons. The van der Waals surface area contributed by atoms with Gasteiger partial charge in [-0.25, -0.2) is 0 Å². The summed E-state index contributed by atoms with van der Waals surface area (Å²) in [5.74, 6) is 3.64. The number of ether oxygens (including phenoxy) is 2. The first-order chi connectivity index (χ1) is 13.7. The predicted molar refractivity (Wildman–Crippen MR) is 99.1 cm³/mol. The van der Waals surface area contributed by atoms with Crippen LogP contribution < -0.4 is 9.47 Å². The number of methoxy groups -OCH3 is 2. The van der Waals surface area contributed by atoms with Crippen molar-refractivity contribution in [2.24, 2.45) is 0 Å². The predicted octanol–water partition coefficient (Wildman–Crippen LogP) is 4.00. The van der Waals surface area contributed by atoms with Crippen LogP contribution in [0, 0.1) is 6.92 Å². The summed E-state index contributed by atoms with van der Waals surface area (Å²) in [5.41, 5.74) is 1.48. The normalized spacial score (nSPS) is 11.0. The minimum absolute atomic E-state index is 0.386. The molecule has 0 bridgehead atoms. The van der Waals surface area contributed by atoms with Crippen LogP contribution in [0.3, 0.4) is 0 Å². The molecule has 0 saturated carbocycles. The van der Waals surface area contributed by atoms with Crippen LogP contribution in [0.4, 0.5) is 0 Å². The summed E-state index contributed by atoms with van der Waals surface area (Å²) in [5, 5.41) is 12.5. The highest BCUT2D eigenvalue weighted by atomic mass is 32.2. The fraction of sp³-hybridized carbons (Fsp3) is 0.222. The highest BCUT2D eigenvalue weighted by Crippen LogP contribution is 2.32. The van der Waals surface area contributed by atoms with Crippen molar-refractivity contribution < 1.29 is 22.8 Å². The summed E-state index contributed by atoms with van der Waals surface area (Å²) in [6.07, 6.45) is 1.58. The zero-order chi connectivity index (χ0) is 19.5. The van der Waals surface area contributed by atoms with Crippen molar-refractivity contribution in [2.75, 3.05) is 14.2 Å². The first kappa shape index (κ1) is 18.1. The van der Waals surface area contributed by atoms with Crippen molar-refractivity contribution in [3.63, 3.8) is 0 Å². The van der Waals surface area contributed by atoms with Crippen LogP contribution in [0.5, 0.6) is 11.5 Å². The molecular formula is C18H16N4O5S. The van der Waals surface area contributed by atoms with Crippen LogP contribution in [-0.4, -0.2) is 34.6 Å². The second-order valence-electron chi connectivity index (χ2n) is 5.63. The SMILES string of the molecule is COc1ccc(-c2noc(CSc3nnc(-c4ccoc4C)o3)n2)c(OC)c1. The third kappa shape index (κ3) is 3.58. The van der Waals surface area contributed by atoms with Gasteiger partial charge in [0.1, 0.15) is 17.3 Å². The highest BCUT2D eigenvalue weighted by Gasteiger charge is 2.17. The van der Waals surface area contributed by atoms with Crippen molar-refractivity contribution >= 4 is 11.8 Å². The summed E-state index contributed by atoms with van der Waals surface area (Å²) >= 11 is 1.30. The smallest absolute Gasteiger partial charge is 0.277 e. The molecule has 9 nitrogen and oxygen atoms in total. The molecule has 10 heteroatoms. The molecule has 3 aromatic heterocycles. The molecule has 28 heavy (non-hydrogen) atoms. The molecule has 4 aromatic rings. The average Bonchev–Trinajstić information content (AvgIpc) is 3.46. The van der Waals surface area contributed by atoms with Crippen LogP contribution in [-0.2, 0) is 5.75 Å². The molecule has 0 N–H and O–H groups in total. The number of furan rings is 1. The maximum atomic E-state index is 5.64. The minimum atomic E-state index is 0.386. The maximum Gasteiger partial charge on any atom is 0.277 e. The van der Waals surface area contributed by atoms with Gasteiger partial charge in [0.2, 0.25) is 11.7 Å². The number of benzene rings is 1. The largest absolute Gasteiger partial charge is 0.497 e. The van der Waals surface area contributed by atoms with E-state index in [9.17, 15) is 0 Å². The summed E-state index contributed by atoms with van der Waals surface area (Å²) in [6, 6.07) is 7.17. The minimum Gasteiger partial charge on any atom is -0.497 e. The van der Waals surface area contributed by atoms with Gasteiger partial charge in [0.15, 0.2) is 0 Å². The lowest BCUT2D eigenvalue weighted by atomic mass is 10.2. The number of thioether (sulfide) groups is 1. The number of aromatic nitrogens is 4. The first-order valence-corrected chi connectivity index (χ1v) is 9.22. The molecule has 0 unspecified atom stereocenters. The molecule has 0 aliphatic heterocycles. The fourth-order valence-electron chi connectivity index (χ4n) is 2.51. The standard InChI is InChI=1S/C18H16N4O5S/c1-10-12(6-7-25-10)17-20-21-18(26-17)28-9-15-19-16(22-27-15)13-5-4-11(23-2)8-14(13)24-3/h4-8H,9H2,1-3H3. The molecule has 0 aliphatic carbocycles. The van der Waals surface area contributed by atoms with Gasteiger partial charge < -0.3 is 22.8 Å². The monoisotopic (exact) mass is 400 g/mol. The lowest BCUT2D eigenvalue weighted by molar-refractivity contribution is 0.387. The van der Waals surface area contributed by atoms with Gasteiger partial charge in [-0.15, -0.1) is 10.2 Å².